The minimum atomic E-state index is 0.0197. The van der Waals surface area contributed by atoms with Crippen molar-refractivity contribution >= 4 is 28.4 Å². The Hall–Kier alpha value is -2.30. The molecule has 0 spiro atoms. The first-order valence-corrected chi connectivity index (χ1v) is 9.32. The van der Waals surface area contributed by atoms with E-state index in [4.69, 9.17) is 16.3 Å². The lowest BCUT2D eigenvalue weighted by molar-refractivity contribution is -0.00301. The molecule has 1 atom stereocenters. The van der Waals surface area contributed by atoms with Crippen LogP contribution in [0.1, 0.15) is 23.8 Å². The van der Waals surface area contributed by atoms with Crippen LogP contribution in [-0.4, -0.2) is 41.6 Å². The first kappa shape index (κ1) is 17.1. The van der Waals surface area contributed by atoms with Gasteiger partial charge in [-0.05, 0) is 30.2 Å². The lowest BCUT2D eigenvalue weighted by atomic mass is 10.0. The van der Waals surface area contributed by atoms with Crippen LogP contribution in [0.25, 0.3) is 22.0 Å². The molecule has 5 heteroatoms. The Bertz CT molecular complexity index is 936. The number of amides is 1. The van der Waals surface area contributed by atoms with E-state index in [1.165, 1.54) is 0 Å². The number of H-pyrrole nitrogens is 1. The number of halogens is 1. The van der Waals surface area contributed by atoms with E-state index in [1.54, 1.807) is 0 Å². The maximum absolute atomic E-state index is 13.4. The number of hydrogen-bond acceptors (Lipinski definition) is 2. The summed E-state index contributed by atoms with van der Waals surface area (Å²) in [5.74, 6) is 0.0197. The Kier molecular flexibility index (Phi) is 4.70. The molecule has 0 radical (unpaired) electrons. The molecule has 0 saturated carbocycles. The van der Waals surface area contributed by atoms with Crippen molar-refractivity contribution in [3.05, 3.63) is 59.2 Å². The molecule has 4 nitrogen and oxygen atoms in total. The number of carbonyl (C=O) groups is 1. The van der Waals surface area contributed by atoms with Crippen molar-refractivity contribution in [3.63, 3.8) is 0 Å². The van der Waals surface area contributed by atoms with E-state index in [9.17, 15) is 4.79 Å². The van der Waals surface area contributed by atoms with Crippen LogP contribution in [-0.2, 0) is 4.74 Å². The zero-order valence-electron chi connectivity index (χ0n) is 14.7. The van der Waals surface area contributed by atoms with Crippen LogP contribution in [0, 0.1) is 0 Å². The second-order valence-corrected chi connectivity index (χ2v) is 7.00. The van der Waals surface area contributed by atoms with Gasteiger partial charge in [-0.1, -0.05) is 48.9 Å². The number of aromatic amines is 1. The first-order valence-electron chi connectivity index (χ1n) is 8.94. The van der Waals surface area contributed by atoms with E-state index >= 15 is 0 Å². The van der Waals surface area contributed by atoms with Gasteiger partial charge in [-0.15, -0.1) is 0 Å². The number of benzene rings is 2. The number of aromatic nitrogens is 1. The smallest absolute Gasteiger partial charge is 0.271 e. The third-order valence-electron chi connectivity index (χ3n) is 5.00. The van der Waals surface area contributed by atoms with Crippen LogP contribution in [0.5, 0.6) is 0 Å². The Labute approximate surface area is 157 Å². The van der Waals surface area contributed by atoms with E-state index < -0.39 is 0 Å². The molecule has 2 heterocycles. The second kappa shape index (κ2) is 7.14. The van der Waals surface area contributed by atoms with Crippen LogP contribution in [0.3, 0.4) is 0 Å². The van der Waals surface area contributed by atoms with E-state index in [-0.39, 0.29) is 11.9 Å². The molecule has 1 amide bonds. The molecule has 1 N–H and O–H groups in total. The third-order valence-corrected chi connectivity index (χ3v) is 5.23. The Morgan fingerprint density at radius 1 is 1.27 bits per heavy atom. The van der Waals surface area contributed by atoms with Gasteiger partial charge in [0.05, 0.1) is 19.3 Å². The quantitative estimate of drug-likeness (QED) is 0.725. The summed E-state index contributed by atoms with van der Waals surface area (Å²) in [5.41, 5.74) is 3.45. The summed E-state index contributed by atoms with van der Waals surface area (Å²) < 4.78 is 5.56. The van der Waals surface area contributed by atoms with E-state index in [2.05, 4.69) is 11.9 Å². The second-order valence-electron chi connectivity index (χ2n) is 6.57. The molecule has 3 aromatic rings. The molecule has 0 unspecified atom stereocenters. The maximum Gasteiger partial charge on any atom is 0.271 e. The number of hydrogen-bond donors (Lipinski definition) is 1. The highest BCUT2D eigenvalue weighted by molar-refractivity contribution is 6.31. The van der Waals surface area contributed by atoms with Crippen molar-refractivity contribution in [3.8, 4) is 11.1 Å². The normalized spacial score (nSPS) is 17.6. The average Bonchev–Trinajstić information content (AvgIpc) is 3.06. The van der Waals surface area contributed by atoms with Crippen molar-refractivity contribution in [1.82, 2.24) is 9.88 Å². The molecule has 2 aromatic carbocycles. The average molecular weight is 369 g/mol. The largest absolute Gasteiger partial charge is 0.377 e. The number of rotatable bonds is 3. The predicted octanol–water partition coefficient (Wildman–Crippen LogP) is 4.74. The van der Waals surface area contributed by atoms with Crippen molar-refractivity contribution in [2.75, 3.05) is 19.8 Å². The summed E-state index contributed by atoms with van der Waals surface area (Å²) in [6.45, 7) is 3.87. The van der Waals surface area contributed by atoms with Crippen LogP contribution in [0.4, 0.5) is 0 Å². The molecule has 1 aromatic heterocycles. The van der Waals surface area contributed by atoms with Gasteiger partial charge >= 0.3 is 0 Å². The van der Waals surface area contributed by atoms with E-state index in [1.807, 2.05) is 53.4 Å². The zero-order valence-corrected chi connectivity index (χ0v) is 15.4. The molecule has 4 rings (SSSR count). The summed E-state index contributed by atoms with van der Waals surface area (Å²) >= 11 is 6.24. The van der Waals surface area contributed by atoms with Crippen molar-refractivity contribution < 1.29 is 9.53 Å². The topological polar surface area (TPSA) is 45.3 Å². The minimum absolute atomic E-state index is 0.0197. The van der Waals surface area contributed by atoms with Crippen LogP contribution in [0.15, 0.2) is 48.5 Å². The summed E-state index contributed by atoms with van der Waals surface area (Å²) in [7, 11) is 0. The lowest BCUT2D eigenvalue weighted by Crippen LogP contribution is -2.48. The van der Waals surface area contributed by atoms with Crippen molar-refractivity contribution in [2.24, 2.45) is 0 Å². The fourth-order valence-corrected chi connectivity index (χ4v) is 3.81. The Morgan fingerprint density at radius 3 is 2.85 bits per heavy atom. The molecule has 1 saturated heterocycles. The SMILES string of the molecule is CC[C@H]1COCCN1C(=O)c1[nH]c2ccc(Cl)cc2c1-c1ccccc1. The van der Waals surface area contributed by atoms with Gasteiger partial charge in [-0.2, -0.15) is 0 Å². The number of fused-ring (bicyclic) bond motifs is 1. The standard InChI is InChI=1S/C21H21ClN2O2/c1-2-16-13-26-11-10-24(16)21(25)20-19(14-6-4-3-5-7-14)17-12-15(22)8-9-18(17)23-20/h3-9,12,16,23H,2,10-11,13H2,1H3/t16-/m0/s1. The molecule has 26 heavy (non-hydrogen) atoms. The third kappa shape index (κ3) is 3.00. The molecular formula is C21H21ClN2O2. The number of morpholine rings is 1. The number of ether oxygens (including phenoxy) is 1. The monoisotopic (exact) mass is 368 g/mol. The van der Waals surface area contributed by atoms with Gasteiger partial charge in [-0.3, -0.25) is 4.79 Å². The molecule has 1 aliphatic rings. The van der Waals surface area contributed by atoms with Crippen LogP contribution in [0.2, 0.25) is 5.02 Å². The molecule has 1 aliphatic heterocycles. The molecule has 1 fully saturated rings. The van der Waals surface area contributed by atoms with Crippen molar-refractivity contribution in [1.29, 1.82) is 0 Å². The number of carbonyl (C=O) groups excluding carboxylic acids is 1. The van der Waals surface area contributed by atoms with Gasteiger partial charge in [0.1, 0.15) is 5.69 Å². The van der Waals surface area contributed by atoms with Gasteiger partial charge in [0, 0.05) is 28.0 Å². The summed E-state index contributed by atoms with van der Waals surface area (Å²) in [6.07, 6.45) is 0.873. The highest BCUT2D eigenvalue weighted by atomic mass is 35.5. The van der Waals surface area contributed by atoms with E-state index in [0.29, 0.717) is 30.5 Å². The van der Waals surface area contributed by atoms with Crippen LogP contribution >= 0.6 is 11.6 Å². The number of nitrogens with zero attached hydrogens (tertiary/aromatic N) is 1. The Morgan fingerprint density at radius 2 is 2.08 bits per heavy atom. The van der Waals surface area contributed by atoms with Gasteiger partial charge in [0.25, 0.3) is 5.91 Å². The predicted molar refractivity (Wildman–Crippen MR) is 105 cm³/mol. The molecule has 0 aliphatic carbocycles. The van der Waals surface area contributed by atoms with Crippen LogP contribution < -0.4 is 0 Å². The van der Waals surface area contributed by atoms with Crippen molar-refractivity contribution in [2.45, 2.75) is 19.4 Å². The summed E-state index contributed by atoms with van der Waals surface area (Å²) in [5, 5.41) is 1.62. The highest BCUT2D eigenvalue weighted by Crippen LogP contribution is 2.35. The zero-order chi connectivity index (χ0) is 18.1. The van der Waals surface area contributed by atoms with Gasteiger partial charge in [0.15, 0.2) is 0 Å². The molecule has 0 bridgehead atoms. The fraction of sp³-hybridized carbons (Fsp3) is 0.286. The summed E-state index contributed by atoms with van der Waals surface area (Å²) in [6, 6.07) is 15.8. The van der Waals surface area contributed by atoms with Gasteiger partial charge in [0.2, 0.25) is 0 Å². The molecule has 134 valence electrons. The van der Waals surface area contributed by atoms with E-state index in [0.717, 1.165) is 28.5 Å². The minimum Gasteiger partial charge on any atom is -0.377 e. The first-order chi connectivity index (χ1) is 12.7. The fourth-order valence-electron chi connectivity index (χ4n) is 3.63. The summed E-state index contributed by atoms with van der Waals surface area (Å²) in [4.78, 5) is 18.7. The lowest BCUT2D eigenvalue weighted by Gasteiger charge is -2.35. The Balaban J connectivity index is 1.88. The maximum atomic E-state index is 13.4. The van der Waals surface area contributed by atoms with Gasteiger partial charge in [-0.25, -0.2) is 0 Å². The number of nitrogens with one attached hydrogen (secondary N) is 1. The highest BCUT2D eigenvalue weighted by Gasteiger charge is 2.30. The molecular weight excluding hydrogens is 348 g/mol. The van der Waals surface area contributed by atoms with Gasteiger partial charge < -0.3 is 14.6 Å².